The molecule has 4 nitrogen and oxygen atoms in total. The van der Waals surface area contributed by atoms with E-state index in [1.165, 1.54) is 0 Å². The van der Waals surface area contributed by atoms with E-state index in [1.54, 1.807) is 12.1 Å². The Balaban J connectivity index is 1.92. The molecule has 136 valence electrons. The van der Waals surface area contributed by atoms with Gasteiger partial charge in [0.2, 0.25) is 0 Å². The van der Waals surface area contributed by atoms with Gasteiger partial charge in [-0.3, -0.25) is 4.79 Å². The topological polar surface area (TPSA) is 44.7 Å². The SMILES string of the molecule is CN(C)c1ccc(/C(=N\NC(=O)c2cccc(Br)c2)c2ccccc2)cc1. The Morgan fingerprint density at radius 1 is 0.852 bits per heavy atom. The highest BCUT2D eigenvalue weighted by Crippen LogP contribution is 2.16. The van der Waals surface area contributed by atoms with Gasteiger partial charge < -0.3 is 4.90 Å². The molecule has 1 N–H and O–H groups in total. The zero-order valence-electron chi connectivity index (χ0n) is 15.2. The van der Waals surface area contributed by atoms with Gasteiger partial charge in [-0.05, 0) is 30.3 Å². The number of halogens is 1. The van der Waals surface area contributed by atoms with Crippen molar-refractivity contribution in [2.75, 3.05) is 19.0 Å². The minimum atomic E-state index is -0.255. The van der Waals surface area contributed by atoms with Crippen molar-refractivity contribution in [3.8, 4) is 0 Å². The maximum atomic E-state index is 12.5. The van der Waals surface area contributed by atoms with Crippen molar-refractivity contribution in [3.63, 3.8) is 0 Å². The molecule has 3 aromatic carbocycles. The Morgan fingerprint density at radius 2 is 1.48 bits per heavy atom. The fourth-order valence-corrected chi connectivity index (χ4v) is 3.01. The van der Waals surface area contributed by atoms with E-state index < -0.39 is 0 Å². The highest BCUT2D eigenvalue weighted by atomic mass is 79.9. The van der Waals surface area contributed by atoms with Crippen LogP contribution in [0.25, 0.3) is 0 Å². The van der Waals surface area contributed by atoms with Gasteiger partial charge in [0.15, 0.2) is 0 Å². The number of anilines is 1. The average molecular weight is 422 g/mol. The summed E-state index contributed by atoms with van der Waals surface area (Å²) in [6, 6.07) is 25.1. The summed E-state index contributed by atoms with van der Waals surface area (Å²) in [5.74, 6) is -0.255. The second-order valence-electron chi connectivity index (χ2n) is 6.22. The molecule has 0 heterocycles. The van der Waals surface area contributed by atoms with Crippen LogP contribution in [0, 0.1) is 0 Å². The Morgan fingerprint density at radius 3 is 2.11 bits per heavy atom. The molecule has 0 aliphatic heterocycles. The summed E-state index contributed by atoms with van der Waals surface area (Å²) in [5, 5.41) is 4.43. The number of nitrogens with zero attached hydrogens (tertiary/aromatic N) is 2. The smallest absolute Gasteiger partial charge is 0.271 e. The van der Waals surface area contributed by atoms with Crippen LogP contribution in [0.1, 0.15) is 21.5 Å². The molecule has 0 bridgehead atoms. The lowest BCUT2D eigenvalue weighted by molar-refractivity contribution is 0.0955. The molecule has 0 atom stereocenters. The molecule has 0 aromatic heterocycles. The standard InChI is InChI=1S/C22H20BrN3O/c1-26(2)20-13-11-17(12-14-20)21(16-7-4-3-5-8-16)24-25-22(27)18-9-6-10-19(23)15-18/h3-15H,1-2H3,(H,25,27)/b24-21-. The van der Waals surface area contributed by atoms with Gasteiger partial charge in [-0.2, -0.15) is 5.10 Å². The molecule has 0 aliphatic rings. The summed E-state index contributed by atoms with van der Waals surface area (Å²) in [5.41, 5.74) is 6.90. The number of hydrogen-bond acceptors (Lipinski definition) is 3. The number of hydrazone groups is 1. The van der Waals surface area contributed by atoms with Crippen LogP contribution in [0.2, 0.25) is 0 Å². The van der Waals surface area contributed by atoms with E-state index in [1.807, 2.05) is 85.7 Å². The number of nitrogens with one attached hydrogen (secondary N) is 1. The van der Waals surface area contributed by atoms with E-state index in [0.29, 0.717) is 11.3 Å². The van der Waals surface area contributed by atoms with E-state index in [9.17, 15) is 4.79 Å². The quantitative estimate of drug-likeness (QED) is 0.479. The number of rotatable bonds is 5. The molecule has 5 heteroatoms. The normalized spacial score (nSPS) is 11.1. The van der Waals surface area contributed by atoms with Crippen molar-refractivity contribution in [1.29, 1.82) is 0 Å². The lowest BCUT2D eigenvalue weighted by atomic mass is 10.0. The minimum absolute atomic E-state index is 0.255. The number of carbonyl (C=O) groups excluding carboxylic acids is 1. The molecule has 0 radical (unpaired) electrons. The molecule has 0 saturated carbocycles. The van der Waals surface area contributed by atoms with Crippen LogP contribution in [0.3, 0.4) is 0 Å². The molecule has 1 amide bonds. The largest absolute Gasteiger partial charge is 0.378 e. The molecule has 0 saturated heterocycles. The zero-order chi connectivity index (χ0) is 19.2. The van der Waals surface area contributed by atoms with Crippen LogP contribution in [-0.4, -0.2) is 25.7 Å². The monoisotopic (exact) mass is 421 g/mol. The highest BCUT2D eigenvalue weighted by Gasteiger charge is 2.10. The van der Waals surface area contributed by atoms with Gasteiger partial charge in [-0.1, -0.05) is 64.5 Å². The summed E-state index contributed by atoms with van der Waals surface area (Å²) in [6.45, 7) is 0. The number of hydrogen-bond donors (Lipinski definition) is 1. The first kappa shape index (κ1) is 18.9. The molecule has 3 rings (SSSR count). The maximum Gasteiger partial charge on any atom is 0.271 e. The van der Waals surface area contributed by atoms with Crippen molar-refractivity contribution < 1.29 is 4.79 Å². The van der Waals surface area contributed by atoms with Gasteiger partial charge in [-0.15, -0.1) is 0 Å². The van der Waals surface area contributed by atoms with Crippen molar-refractivity contribution >= 4 is 33.2 Å². The second kappa shape index (κ2) is 8.64. The van der Waals surface area contributed by atoms with Crippen LogP contribution >= 0.6 is 15.9 Å². The Kier molecular flexibility index (Phi) is 6.04. The van der Waals surface area contributed by atoms with Gasteiger partial charge in [-0.25, -0.2) is 5.43 Å². The van der Waals surface area contributed by atoms with Gasteiger partial charge in [0.1, 0.15) is 0 Å². The number of carbonyl (C=O) groups is 1. The van der Waals surface area contributed by atoms with Crippen LogP contribution < -0.4 is 10.3 Å². The first-order valence-corrected chi connectivity index (χ1v) is 9.30. The lowest BCUT2D eigenvalue weighted by Gasteiger charge is -2.14. The predicted octanol–water partition coefficient (Wildman–Crippen LogP) is 4.70. The van der Waals surface area contributed by atoms with Gasteiger partial charge in [0.25, 0.3) is 5.91 Å². The number of benzene rings is 3. The van der Waals surface area contributed by atoms with Crippen LogP contribution in [0.15, 0.2) is 88.4 Å². The third-order valence-electron chi connectivity index (χ3n) is 4.06. The molecule has 27 heavy (non-hydrogen) atoms. The van der Waals surface area contributed by atoms with Gasteiger partial charge in [0.05, 0.1) is 5.71 Å². The molecule has 0 aliphatic carbocycles. The Labute approximate surface area is 167 Å². The van der Waals surface area contributed by atoms with E-state index in [0.717, 1.165) is 21.3 Å². The van der Waals surface area contributed by atoms with Crippen molar-refractivity contribution in [1.82, 2.24) is 5.43 Å². The Hall–Kier alpha value is -2.92. The number of amides is 1. The Bertz CT molecular complexity index is 951. The fourth-order valence-electron chi connectivity index (χ4n) is 2.61. The molecule has 0 spiro atoms. The zero-order valence-corrected chi connectivity index (χ0v) is 16.8. The first-order chi connectivity index (χ1) is 13.0. The molecular formula is C22H20BrN3O. The third kappa shape index (κ3) is 4.83. The van der Waals surface area contributed by atoms with Crippen LogP contribution in [0.4, 0.5) is 5.69 Å². The van der Waals surface area contributed by atoms with Crippen molar-refractivity contribution in [2.45, 2.75) is 0 Å². The first-order valence-electron chi connectivity index (χ1n) is 8.51. The maximum absolute atomic E-state index is 12.5. The summed E-state index contributed by atoms with van der Waals surface area (Å²) >= 11 is 3.38. The molecular weight excluding hydrogens is 402 g/mol. The predicted molar refractivity (Wildman–Crippen MR) is 114 cm³/mol. The summed E-state index contributed by atoms with van der Waals surface area (Å²) < 4.78 is 0.849. The second-order valence-corrected chi connectivity index (χ2v) is 7.13. The van der Waals surface area contributed by atoms with Gasteiger partial charge in [0, 0.05) is 40.9 Å². The average Bonchev–Trinajstić information content (AvgIpc) is 2.69. The van der Waals surface area contributed by atoms with E-state index >= 15 is 0 Å². The third-order valence-corrected chi connectivity index (χ3v) is 4.55. The van der Waals surface area contributed by atoms with Gasteiger partial charge >= 0.3 is 0 Å². The molecule has 0 unspecified atom stereocenters. The molecule has 0 fully saturated rings. The minimum Gasteiger partial charge on any atom is -0.378 e. The summed E-state index contributed by atoms with van der Waals surface area (Å²) in [6.07, 6.45) is 0. The van der Waals surface area contributed by atoms with E-state index in [-0.39, 0.29) is 5.91 Å². The summed E-state index contributed by atoms with van der Waals surface area (Å²) in [7, 11) is 4.00. The summed E-state index contributed by atoms with van der Waals surface area (Å²) in [4.78, 5) is 14.5. The van der Waals surface area contributed by atoms with Crippen molar-refractivity contribution in [3.05, 3.63) is 100 Å². The van der Waals surface area contributed by atoms with Crippen molar-refractivity contribution in [2.24, 2.45) is 5.10 Å². The van der Waals surface area contributed by atoms with E-state index in [4.69, 9.17) is 0 Å². The molecule has 3 aromatic rings. The van der Waals surface area contributed by atoms with Crippen LogP contribution in [0.5, 0.6) is 0 Å². The fraction of sp³-hybridized carbons (Fsp3) is 0.0909. The van der Waals surface area contributed by atoms with Crippen LogP contribution in [-0.2, 0) is 0 Å². The highest BCUT2D eigenvalue weighted by molar-refractivity contribution is 9.10. The lowest BCUT2D eigenvalue weighted by Crippen LogP contribution is -2.20. The van der Waals surface area contributed by atoms with E-state index in [2.05, 4.69) is 26.5 Å².